The van der Waals surface area contributed by atoms with Gasteiger partial charge in [-0.15, -0.1) is 0 Å². The van der Waals surface area contributed by atoms with E-state index in [0.29, 0.717) is 22.0 Å². The number of nitrogens with zero attached hydrogens (tertiary/aromatic N) is 1. The van der Waals surface area contributed by atoms with Crippen LogP contribution in [0.15, 0.2) is 42.5 Å². The summed E-state index contributed by atoms with van der Waals surface area (Å²) in [5.41, 5.74) is 1.53. The first kappa shape index (κ1) is 18.4. The van der Waals surface area contributed by atoms with Crippen molar-refractivity contribution in [3.05, 3.63) is 58.1 Å². The van der Waals surface area contributed by atoms with Crippen molar-refractivity contribution < 1.29 is 14.4 Å². The lowest BCUT2D eigenvalue weighted by Gasteiger charge is -2.18. The van der Waals surface area contributed by atoms with Gasteiger partial charge in [0, 0.05) is 24.2 Å². The molecule has 3 rings (SSSR count). The van der Waals surface area contributed by atoms with Gasteiger partial charge in [0.15, 0.2) is 5.78 Å². The minimum absolute atomic E-state index is 0.0843. The molecule has 1 fully saturated rings. The second-order valence-corrected chi connectivity index (χ2v) is 6.89. The van der Waals surface area contributed by atoms with Crippen LogP contribution < -0.4 is 10.2 Å². The Hall–Kier alpha value is -2.37. The Kier molecular flexibility index (Phi) is 5.30. The summed E-state index contributed by atoms with van der Waals surface area (Å²) in [4.78, 5) is 37.8. The van der Waals surface area contributed by atoms with Gasteiger partial charge >= 0.3 is 0 Å². The maximum absolute atomic E-state index is 12.5. The van der Waals surface area contributed by atoms with Crippen LogP contribution in [-0.2, 0) is 9.59 Å². The lowest BCUT2D eigenvalue weighted by atomic mass is 10.1. The molecular weight excluding hydrogens is 375 g/mol. The summed E-state index contributed by atoms with van der Waals surface area (Å²) in [6, 6.07) is 11.7. The zero-order chi connectivity index (χ0) is 18.8. The van der Waals surface area contributed by atoms with Gasteiger partial charge in [0.25, 0.3) is 0 Å². The van der Waals surface area contributed by atoms with Gasteiger partial charge in [-0.3, -0.25) is 14.4 Å². The fourth-order valence-electron chi connectivity index (χ4n) is 2.88. The highest BCUT2D eigenvalue weighted by molar-refractivity contribution is 6.44. The van der Waals surface area contributed by atoms with E-state index in [-0.39, 0.29) is 35.6 Å². The second kappa shape index (κ2) is 7.48. The molecule has 0 aliphatic carbocycles. The first-order valence-electron chi connectivity index (χ1n) is 8.03. The molecule has 5 nitrogen and oxygen atoms in total. The fraction of sp³-hybridized carbons (Fsp3) is 0.211. The molecule has 1 unspecified atom stereocenters. The molecule has 26 heavy (non-hydrogen) atoms. The second-order valence-electron chi connectivity index (χ2n) is 6.10. The lowest BCUT2D eigenvalue weighted by molar-refractivity contribution is -0.122. The number of carbonyl (C=O) groups is 3. The van der Waals surface area contributed by atoms with Crippen LogP contribution in [0.4, 0.5) is 11.4 Å². The van der Waals surface area contributed by atoms with Crippen LogP contribution >= 0.6 is 23.2 Å². The average Bonchev–Trinajstić information content (AvgIpc) is 2.99. The van der Waals surface area contributed by atoms with Crippen molar-refractivity contribution in [2.75, 3.05) is 16.8 Å². The molecule has 2 aromatic rings. The third-order valence-corrected chi connectivity index (χ3v) is 5.06. The number of carbonyl (C=O) groups excluding carboxylic acids is 3. The number of benzene rings is 2. The van der Waals surface area contributed by atoms with E-state index in [2.05, 4.69) is 5.32 Å². The van der Waals surface area contributed by atoms with E-state index < -0.39 is 5.92 Å². The summed E-state index contributed by atoms with van der Waals surface area (Å²) in [5.74, 6) is -1.07. The lowest BCUT2D eigenvalue weighted by Crippen LogP contribution is -2.28. The van der Waals surface area contributed by atoms with Crippen molar-refractivity contribution in [1.29, 1.82) is 0 Å². The number of rotatable bonds is 4. The highest BCUT2D eigenvalue weighted by Crippen LogP contribution is 2.35. The number of amides is 2. The molecule has 1 N–H and O–H groups in total. The molecule has 2 aromatic carbocycles. The smallest absolute Gasteiger partial charge is 0.229 e. The van der Waals surface area contributed by atoms with Crippen LogP contribution in [0.5, 0.6) is 0 Å². The fourth-order valence-corrected chi connectivity index (χ4v) is 3.27. The summed E-state index contributed by atoms with van der Waals surface area (Å²) in [5, 5.41) is 3.41. The Bertz CT molecular complexity index is 898. The third kappa shape index (κ3) is 3.74. The third-order valence-electron chi connectivity index (χ3n) is 4.25. The minimum atomic E-state index is -0.515. The van der Waals surface area contributed by atoms with Crippen molar-refractivity contribution in [1.82, 2.24) is 0 Å². The van der Waals surface area contributed by atoms with Crippen molar-refractivity contribution in [3.8, 4) is 0 Å². The topological polar surface area (TPSA) is 66.5 Å². The predicted molar refractivity (Wildman–Crippen MR) is 102 cm³/mol. The van der Waals surface area contributed by atoms with Crippen molar-refractivity contribution in [2.45, 2.75) is 13.3 Å². The van der Waals surface area contributed by atoms with Crippen LogP contribution in [0.3, 0.4) is 0 Å². The van der Waals surface area contributed by atoms with E-state index in [0.717, 1.165) is 0 Å². The Morgan fingerprint density at radius 3 is 2.62 bits per heavy atom. The maximum atomic E-state index is 12.5. The number of halogens is 2. The number of hydrogen-bond donors (Lipinski definition) is 1. The van der Waals surface area contributed by atoms with Gasteiger partial charge in [-0.1, -0.05) is 41.4 Å². The van der Waals surface area contributed by atoms with Gasteiger partial charge < -0.3 is 10.2 Å². The van der Waals surface area contributed by atoms with Crippen LogP contribution in [0.25, 0.3) is 0 Å². The van der Waals surface area contributed by atoms with Crippen molar-refractivity contribution in [3.63, 3.8) is 0 Å². The van der Waals surface area contributed by atoms with Gasteiger partial charge in [-0.2, -0.15) is 0 Å². The van der Waals surface area contributed by atoms with Crippen LogP contribution in [0, 0.1) is 5.92 Å². The predicted octanol–water partition coefficient (Wildman–Crippen LogP) is 4.19. The van der Waals surface area contributed by atoms with Gasteiger partial charge in [0.05, 0.1) is 21.7 Å². The van der Waals surface area contributed by atoms with E-state index in [4.69, 9.17) is 23.2 Å². The molecule has 7 heteroatoms. The standard InChI is InChI=1S/C19H16Cl2N2O3/c1-11(24)12-4-2-5-14(8-12)22-19(26)13-9-17(25)23(10-13)16-7-3-6-15(20)18(16)21/h2-8,13H,9-10H2,1H3,(H,22,26). The molecule has 2 amide bonds. The van der Waals surface area contributed by atoms with Gasteiger partial charge in [0.1, 0.15) is 0 Å². The molecule has 1 atom stereocenters. The zero-order valence-corrected chi connectivity index (χ0v) is 15.5. The van der Waals surface area contributed by atoms with E-state index in [1.807, 2.05) is 0 Å². The molecule has 0 radical (unpaired) electrons. The molecule has 0 aromatic heterocycles. The monoisotopic (exact) mass is 390 g/mol. The molecule has 0 spiro atoms. The normalized spacial score (nSPS) is 16.7. The Morgan fingerprint density at radius 2 is 1.88 bits per heavy atom. The van der Waals surface area contributed by atoms with Crippen molar-refractivity contribution >= 4 is 52.2 Å². The van der Waals surface area contributed by atoms with Crippen LogP contribution in [0.1, 0.15) is 23.7 Å². The first-order chi connectivity index (χ1) is 12.4. The molecule has 134 valence electrons. The molecule has 0 saturated carbocycles. The number of anilines is 2. The van der Waals surface area contributed by atoms with Gasteiger partial charge in [0.2, 0.25) is 11.8 Å². The molecule has 0 bridgehead atoms. The molecule has 1 saturated heterocycles. The highest BCUT2D eigenvalue weighted by atomic mass is 35.5. The summed E-state index contributed by atoms with van der Waals surface area (Å²) in [7, 11) is 0. The molecule has 1 aliphatic heterocycles. The molecule has 1 aliphatic rings. The summed E-state index contributed by atoms with van der Waals surface area (Å²) >= 11 is 12.2. The van der Waals surface area contributed by atoms with E-state index in [1.54, 1.807) is 42.5 Å². The van der Waals surface area contributed by atoms with Crippen LogP contribution in [0.2, 0.25) is 10.0 Å². The SMILES string of the molecule is CC(=O)c1cccc(NC(=O)C2CC(=O)N(c3cccc(Cl)c3Cl)C2)c1. The highest BCUT2D eigenvalue weighted by Gasteiger charge is 2.36. The molecular formula is C19H16Cl2N2O3. The number of Topliss-reactive ketones (excluding diaryl/α,β-unsaturated/α-hetero) is 1. The quantitative estimate of drug-likeness (QED) is 0.795. The van der Waals surface area contributed by atoms with E-state index in [1.165, 1.54) is 11.8 Å². The van der Waals surface area contributed by atoms with E-state index >= 15 is 0 Å². The number of nitrogens with one attached hydrogen (secondary N) is 1. The summed E-state index contributed by atoms with van der Waals surface area (Å²) in [6.45, 7) is 1.68. The van der Waals surface area contributed by atoms with Gasteiger partial charge in [-0.25, -0.2) is 0 Å². The maximum Gasteiger partial charge on any atom is 0.229 e. The average molecular weight is 391 g/mol. The summed E-state index contributed by atoms with van der Waals surface area (Å²) < 4.78 is 0. The largest absolute Gasteiger partial charge is 0.326 e. The van der Waals surface area contributed by atoms with Crippen LogP contribution in [-0.4, -0.2) is 24.1 Å². The molecule has 1 heterocycles. The Balaban J connectivity index is 1.74. The first-order valence-corrected chi connectivity index (χ1v) is 8.78. The Morgan fingerprint density at radius 1 is 1.15 bits per heavy atom. The number of ketones is 1. The number of hydrogen-bond acceptors (Lipinski definition) is 3. The van der Waals surface area contributed by atoms with Gasteiger partial charge in [-0.05, 0) is 31.2 Å². The van der Waals surface area contributed by atoms with E-state index in [9.17, 15) is 14.4 Å². The summed E-state index contributed by atoms with van der Waals surface area (Å²) in [6.07, 6.45) is 0.0844. The zero-order valence-electron chi connectivity index (χ0n) is 14.0. The Labute approximate surface area is 160 Å². The minimum Gasteiger partial charge on any atom is -0.326 e. The van der Waals surface area contributed by atoms with Crippen molar-refractivity contribution in [2.24, 2.45) is 5.92 Å².